The van der Waals surface area contributed by atoms with E-state index in [1.165, 1.54) is 0 Å². The van der Waals surface area contributed by atoms with Crippen molar-refractivity contribution in [1.29, 1.82) is 0 Å². The SMILES string of the molecule is CCCC[C@H](Br)C(=O)Nc1cc(C)c2c(c1)OCCO2. The van der Waals surface area contributed by atoms with E-state index in [2.05, 4.69) is 28.2 Å². The Balaban J connectivity index is 2.06. The average Bonchev–Trinajstić information content (AvgIpc) is 2.44. The quantitative estimate of drug-likeness (QED) is 0.831. The van der Waals surface area contributed by atoms with Gasteiger partial charge in [0.15, 0.2) is 11.5 Å². The molecule has 0 saturated heterocycles. The highest BCUT2D eigenvalue weighted by Gasteiger charge is 2.18. The van der Waals surface area contributed by atoms with Gasteiger partial charge in [-0.1, -0.05) is 35.7 Å². The third kappa shape index (κ3) is 3.66. The molecule has 1 aliphatic heterocycles. The van der Waals surface area contributed by atoms with Crippen molar-refractivity contribution in [3.05, 3.63) is 17.7 Å². The summed E-state index contributed by atoms with van der Waals surface area (Å²) in [6.07, 6.45) is 2.95. The van der Waals surface area contributed by atoms with Gasteiger partial charge in [-0.25, -0.2) is 0 Å². The van der Waals surface area contributed by atoms with Crippen LogP contribution in [0.1, 0.15) is 31.7 Å². The highest BCUT2D eigenvalue weighted by atomic mass is 79.9. The van der Waals surface area contributed by atoms with Gasteiger partial charge in [-0.3, -0.25) is 4.79 Å². The van der Waals surface area contributed by atoms with Crippen LogP contribution < -0.4 is 14.8 Å². The van der Waals surface area contributed by atoms with Crippen LogP contribution in [0.3, 0.4) is 0 Å². The summed E-state index contributed by atoms with van der Waals surface area (Å²) in [5.74, 6) is 1.45. The van der Waals surface area contributed by atoms with Crippen molar-refractivity contribution in [2.45, 2.75) is 37.9 Å². The smallest absolute Gasteiger partial charge is 0.238 e. The van der Waals surface area contributed by atoms with Gasteiger partial charge in [-0.2, -0.15) is 0 Å². The van der Waals surface area contributed by atoms with Crippen LogP contribution in [0.4, 0.5) is 5.69 Å². The topological polar surface area (TPSA) is 47.6 Å². The molecule has 0 aliphatic carbocycles. The van der Waals surface area contributed by atoms with Gasteiger partial charge in [0.25, 0.3) is 0 Å². The maximum atomic E-state index is 12.1. The van der Waals surface area contributed by atoms with Gasteiger partial charge >= 0.3 is 0 Å². The number of carbonyl (C=O) groups is 1. The van der Waals surface area contributed by atoms with Crippen molar-refractivity contribution in [2.75, 3.05) is 18.5 Å². The highest BCUT2D eigenvalue weighted by Crippen LogP contribution is 2.36. The summed E-state index contributed by atoms with van der Waals surface area (Å²) < 4.78 is 11.1. The number of aryl methyl sites for hydroxylation is 1. The molecule has 0 spiro atoms. The van der Waals surface area contributed by atoms with Gasteiger partial charge in [0.1, 0.15) is 13.2 Å². The molecule has 5 heteroatoms. The molecule has 1 heterocycles. The second-order valence-electron chi connectivity index (χ2n) is 4.92. The molecule has 1 aromatic carbocycles. The van der Waals surface area contributed by atoms with E-state index in [1.54, 1.807) is 0 Å². The molecule has 0 unspecified atom stereocenters. The fraction of sp³-hybridized carbons (Fsp3) is 0.533. The van der Waals surface area contributed by atoms with Gasteiger partial charge in [-0.05, 0) is 25.0 Å². The van der Waals surface area contributed by atoms with Crippen LogP contribution in [0, 0.1) is 6.92 Å². The maximum Gasteiger partial charge on any atom is 0.238 e. The molecule has 1 amide bonds. The zero-order chi connectivity index (χ0) is 14.5. The lowest BCUT2D eigenvalue weighted by molar-refractivity contribution is -0.115. The first kappa shape index (κ1) is 15.2. The molecule has 1 aromatic rings. The predicted molar refractivity (Wildman–Crippen MR) is 83.0 cm³/mol. The molecule has 0 fully saturated rings. The van der Waals surface area contributed by atoms with Crippen LogP contribution in [-0.4, -0.2) is 23.9 Å². The van der Waals surface area contributed by atoms with E-state index in [-0.39, 0.29) is 10.7 Å². The first-order chi connectivity index (χ1) is 9.61. The highest BCUT2D eigenvalue weighted by molar-refractivity contribution is 9.10. The largest absolute Gasteiger partial charge is 0.486 e. The minimum absolute atomic E-state index is 0.0190. The summed E-state index contributed by atoms with van der Waals surface area (Å²) in [7, 11) is 0. The first-order valence-corrected chi connectivity index (χ1v) is 7.88. The molecule has 20 heavy (non-hydrogen) atoms. The Bertz CT molecular complexity index is 490. The number of carbonyl (C=O) groups excluding carboxylic acids is 1. The van der Waals surface area contributed by atoms with Crippen molar-refractivity contribution in [2.24, 2.45) is 0 Å². The minimum atomic E-state index is -0.157. The molecule has 1 N–H and O–H groups in total. The Labute approximate surface area is 128 Å². The Morgan fingerprint density at radius 1 is 1.40 bits per heavy atom. The third-order valence-corrected chi connectivity index (χ3v) is 4.06. The van der Waals surface area contributed by atoms with E-state index in [4.69, 9.17) is 9.47 Å². The van der Waals surface area contributed by atoms with Crippen LogP contribution in [0.5, 0.6) is 11.5 Å². The molecule has 4 nitrogen and oxygen atoms in total. The lowest BCUT2D eigenvalue weighted by Gasteiger charge is -2.21. The summed E-state index contributed by atoms with van der Waals surface area (Å²) >= 11 is 3.43. The molecule has 2 rings (SSSR count). The second-order valence-corrected chi connectivity index (χ2v) is 6.02. The van der Waals surface area contributed by atoms with Crippen molar-refractivity contribution < 1.29 is 14.3 Å². The van der Waals surface area contributed by atoms with E-state index in [1.807, 2.05) is 19.1 Å². The Kier molecular flexibility index (Phi) is 5.29. The van der Waals surface area contributed by atoms with Crippen molar-refractivity contribution in [3.63, 3.8) is 0 Å². The summed E-state index contributed by atoms with van der Waals surface area (Å²) in [5, 5.41) is 2.92. The van der Waals surface area contributed by atoms with Crippen LogP contribution in [0.25, 0.3) is 0 Å². The van der Waals surface area contributed by atoms with E-state index in [9.17, 15) is 4.79 Å². The third-order valence-electron chi connectivity index (χ3n) is 3.19. The number of rotatable bonds is 5. The maximum absolute atomic E-state index is 12.1. The minimum Gasteiger partial charge on any atom is -0.486 e. The fourth-order valence-corrected chi connectivity index (χ4v) is 2.57. The van der Waals surface area contributed by atoms with Gasteiger partial charge in [0, 0.05) is 11.8 Å². The molecule has 0 aromatic heterocycles. The van der Waals surface area contributed by atoms with E-state index >= 15 is 0 Å². The van der Waals surface area contributed by atoms with Gasteiger partial charge in [0.05, 0.1) is 4.83 Å². The van der Waals surface area contributed by atoms with Gasteiger partial charge in [0.2, 0.25) is 5.91 Å². The molecular formula is C15H20BrNO3. The zero-order valence-corrected chi connectivity index (χ0v) is 13.5. The van der Waals surface area contributed by atoms with Crippen molar-refractivity contribution >= 4 is 27.5 Å². The van der Waals surface area contributed by atoms with Crippen LogP contribution in [0.2, 0.25) is 0 Å². The number of unbranched alkanes of at least 4 members (excludes halogenated alkanes) is 1. The van der Waals surface area contributed by atoms with Crippen LogP contribution >= 0.6 is 15.9 Å². The number of hydrogen-bond acceptors (Lipinski definition) is 3. The summed E-state index contributed by atoms with van der Waals surface area (Å²) in [6, 6.07) is 3.73. The molecule has 0 bridgehead atoms. The molecular weight excluding hydrogens is 322 g/mol. The Morgan fingerprint density at radius 2 is 2.15 bits per heavy atom. The van der Waals surface area contributed by atoms with Crippen molar-refractivity contribution in [3.8, 4) is 11.5 Å². The number of halogens is 1. The monoisotopic (exact) mass is 341 g/mol. The number of ether oxygens (including phenoxy) is 2. The number of nitrogens with one attached hydrogen (secondary N) is 1. The fourth-order valence-electron chi connectivity index (χ4n) is 2.14. The number of alkyl halides is 1. The van der Waals surface area contributed by atoms with E-state index < -0.39 is 0 Å². The molecule has 1 atom stereocenters. The number of benzene rings is 1. The first-order valence-electron chi connectivity index (χ1n) is 6.97. The summed E-state index contributed by atoms with van der Waals surface area (Å²) in [5.41, 5.74) is 1.72. The lowest BCUT2D eigenvalue weighted by atomic mass is 10.1. The Hall–Kier alpha value is -1.23. The van der Waals surface area contributed by atoms with Gasteiger partial charge < -0.3 is 14.8 Å². The zero-order valence-electron chi connectivity index (χ0n) is 11.9. The lowest BCUT2D eigenvalue weighted by Crippen LogP contribution is -2.23. The number of amides is 1. The molecule has 110 valence electrons. The molecule has 1 aliphatic rings. The predicted octanol–water partition coefficient (Wildman–Crippen LogP) is 3.66. The van der Waals surface area contributed by atoms with Gasteiger partial charge in [-0.15, -0.1) is 0 Å². The van der Waals surface area contributed by atoms with Crippen LogP contribution in [0.15, 0.2) is 12.1 Å². The van der Waals surface area contributed by atoms with Crippen LogP contribution in [-0.2, 0) is 4.79 Å². The Morgan fingerprint density at radius 3 is 2.90 bits per heavy atom. The number of anilines is 1. The molecule has 0 radical (unpaired) electrons. The van der Waals surface area contributed by atoms with E-state index in [0.29, 0.717) is 19.0 Å². The molecule has 0 saturated carbocycles. The average molecular weight is 342 g/mol. The summed E-state index contributed by atoms with van der Waals surface area (Å²) in [4.78, 5) is 11.9. The van der Waals surface area contributed by atoms with E-state index in [0.717, 1.165) is 36.3 Å². The summed E-state index contributed by atoms with van der Waals surface area (Å²) in [6.45, 7) is 5.18. The van der Waals surface area contributed by atoms with Crippen molar-refractivity contribution in [1.82, 2.24) is 0 Å². The standard InChI is InChI=1S/C15H20BrNO3/c1-3-4-5-12(16)15(18)17-11-8-10(2)14-13(9-11)19-6-7-20-14/h8-9,12H,3-7H2,1-2H3,(H,17,18)/t12-/m0/s1. The number of fused-ring (bicyclic) bond motifs is 1. The number of hydrogen-bond donors (Lipinski definition) is 1. The second kappa shape index (κ2) is 6.97. The normalized spacial score (nSPS) is 14.8.